The molecular formula is C38H34N6O8S2. The molecular weight excluding hydrogens is 733 g/mol. The van der Waals surface area contributed by atoms with Crippen molar-refractivity contribution >= 4 is 66.1 Å². The van der Waals surface area contributed by atoms with E-state index in [2.05, 4.69) is 10.2 Å². The largest absolute Gasteiger partial charge is 0.502 e. The number of aromatic nitrogens is 6. The highest BCUT2D eigenvalue weighted by Gasteiger charge is 2.26. The second kappa shape index (κ2) is 15.4. The second-order valence-corrected chi connectivity index (χ2v) is 13.9. The van der Waals surface area contributed by atoms with E-state index in [0.29, 0.717) is 33.6 Å². The highest BCUT2D eigenvalue weighted by molar-refractivity contribution is 7.17. The number of hydrogen-bond acceptors (Lipinski definition) is 11. The number of nitrogens with zero attached hydrogens (tertiary/aromatic N) is 6. The number of fused-ring (bicyclic) bond motifs is 4. The predicted octanol–water partition coefficient (Wildman–Crippen LogP) is 6.28. The number of carbonyl (C=O) groups excluding carboxylic acids is 1. The van der Waals surface area contributed by atoms with E-state index in [9.17, 15) is 29.4 Å². The summed E-state index contributed by atoms with van der Waals surface area (Å²) >= 11 is 2.57. The van der Waals surface area contributed by atoms with Gasteiger partial charge in [0.15, 0.2) is 5.75 Å². The lowest BCUT2D eigenvalue weighted by Crippen LogP contribution is -2.26. The highest BCUT2D eigenvalue weighted by atomic mass is 32.1. The Kier molecular flexibility index (Phi) is 10.3. The maximum atomic E-state index is 13.5. The lowest BCUT2D eigenvalue weighted by Gasteiger charge is -2.15. The third kappa shape index (κ3) is 6.60. The number of hydrogen-bond donors (Lipinski definition) is 2. The third-order valence-electron chi connectivity index (χ3n) is 8.78. The molecule has 0 unspecified atom stereocenters. The number of aromatic hydroxyl groups is 1. The van der Waals surface area contributed by atoms with Gasteiger partial charge in [0.25, 0.3) is 11.1 Å². The summed E-state index contributed by atoms with van der Waals surface area (Å²) < 4.78 is 18.6. The molecule has 276 valence electrons. The van der Waals surface area contributed by atoms with Crippen molar-refractivity contribution in [1.29, 1.82) is 0 Å². The summed E-state index contributed by atoms with van der Waals surface area (Å²) in [5.74, 6) is -2.53. The van der Waals surface area contributed by atoms with Crippen molar-refractivity contribution in [1.82, 2.24) is 28.4 Å². The van der Waals surface area contributed by atoms with Gasteiger partial charge >= 0.3 is 11.9 Å². The van der Waals surface area contributed by atoms with Crippen LogP contribution in [0.3, 0.4) is 0 Å². The monoisotopic (exact) mass is 766 g/mol. The molecule has 0 saturated carbocycles. The predicted molar refractivity (Wildman–Crippen MR) is 206 cm³/mol. The maximum Gasteiger partial charge on any atom is 0.343 e. The van der Waals surface area contributed by atoms with Crippen molar-refractivity contribution in [2.24, 2.45) is 0 Å². The summed E-state index contributed by atoms with van der Waals surface area (Å²) in [6, 6.07) is 14.9. The normalized spacial score (nSPS) is 11.3. The van der Waals surface area contributed by atoms with Gasteiger partial charge in [-0.1, -0.05) is 25.5 Å². The van der Waals surface area contributed by atoms with Gasteiger partial charge < -0.3 is 19.7 Å². The number of carboxylic acid groups (broad SMARTS) is 1. The number of aromatic carboxylic acids is 1. The standard InChI is InChI=1S/C22H23N3O4S.C16H11N3O4S/c1-3-5-11-29-19-18(22(27)28-4-2)20-17(9-12-30-20)24(21(19)26)14-15-13-23-25-10-7-6-8-16(15)25;20-13-12(16(22)23)14-11(4-6-24-14)18(15(13)21)8-9-7-17-19-5-2-1-3-10(9)19/h6-10,12-13H,3-5,11,14H2,1-2H3;1-7,20H,8H2,(H,22,23). The van der Waals surface area contributed by atoms with E-state index in [1.54, 1.807) is 50.6 Å². The van der Waals surface area contributed by atoms with Gasteiger partial charge in [0.1, 0.15) is 11.1 Å². The van der Waals surface area contributed by atoms with Crippen molar-refractivity contribution in [2.75, 3.05) is 13.2 Å². The van der Waals surface area contributed by atoms with Crippen LogP contribution in [0.25, 0.3) is 31.5 Å². The Morgan fingerprint density at radius 1 is 0.759 bits per heavy atom. The summed E-state index contributed by atoms with van der Waals surface area (Å²) in [6.45, 7) is 4.90. The van der Waals surface area contributed by atoms with Crippen LogP contribution in [0.15, 0.2) is 93.7 Å². The Hall–Kier alpha value is -6.26. The van der Waals surface area contributed by atoms with Crippen LogP contribution < -0.4 is 15.9 Å². The van der Waals surface area contributed by atoms with Crippen molar-refractivity contribution in [3.8, 4) is 11.5 Å². The number of pyridine rings is 4. The van der Waals surface area contributed by atoms with Gasteiger partial charge in [0.05, 0.1) is 70.2 Å². The fraction of sp³-hybridized carbons (Fsp3) is 0.211. The minimum Gasteiger partial charge on any atom is -0.502 e. The van der Waals surface area contributed by atoms with Gasteiger partial charge in [-0.2, -0.15) is 10.2 Å². The fourth-order valence-electron chi connectivity index (χ4n) is 6.21. The maximum absolute atomic E-state index is 13.5. The van der Waals surface area contributed by atoms with E-state index in [-0.39, 0.29) is 35.6 Å². The van der Waals surface area contributed by atoms with Crippen LogP contribution in [-0.4, -0.2) is 63.7 Å². The van der Waals surface area contributed by atoms with E-state index in [4.69, 9.17) is 9.47 Å². The van der Waals surface area contributed by atoms with Gasteiger partial charge in [-0.25, -0.2) is 18.6 Å². The van der Waals surface area contributed by atoms with E-state index < -0.39 is 23.2 Å². The van der Waals surface area contributed by atoms with Gasteiger partial charge in [0.2, 0.25) is 5.75 Å². The number of rotatable bonds is 11. The molecule has 0 bridgehead atoms. The molecule has 0 aliphatic carbocycles. The molecule has 8 aromatic rings. The number of ether oxygens (including phenoxy) is 2. The summed E-state index contributed by atoms with van der Waals surface area (Å²) in [7, 11) is 0. The van der Waals surface area contributed by atoms with E-state index in [1.165, 1.54) is 27.2 Å². The first-order chi connectivity index (χ1) is 26.2. The zero-order valence-electron chi connectivity index (χ0n) is 29.2. The lowest BCUT2D eigenvalue weighted by atomic mass is 10.2. The lowest BCUT2D eigenvalue weighted by molar-refractivity contribution is 0.0523. The van der Waals surface area contributed by atoms with Crippen LogP contribution in [0.4, 0.5) is 0 Å². The molecule has 0 atom stereocenters. The van der Waals surface area contributed by atoms with Crippen molar-refractivity contribution in [3.63, 3.8) is 0 Å². The summed E-state index contributed by atoms with van der Waals surface area (Å²) in [5.41, 5.74) is 3.46. The van der Waals surface area contributed by atoms with Crippen molar-refractivity contribution < 1.29 is 29.3 Å². The molecule has 0 saturated heterocycles. The Balaban J connectivity index is 0.000000171. The molecule has 0 radical (unpaired) electrons. The SMILES string of the molecule is CCCCOc1c(C(=O)OCC)c2sccc2n(Cc2cnn3ccccc23)c1=O.O=C(O)c1c(O)c(=O)n(Cc2cnn3ccccc23)c2ccsc12. The average Bonchev–Trinajstić information content (AvgIpc) is 3.99. The van der Waals surface area contributed by atoms with Crippen LogP contribution in [0.1, 0.15) is 58.5 Å². The summed E-state index contributed by atoms with van der Waals surface area (Å²) in [4.78, 5) is 50.1. The van der Waals surface area contributed by atoms with Crippen LogP contribution in [0.5, 0.6) is 11.5 Å². The molecule has 0 spiro atoms. The molecule has 2 N–H and O–H groups in total. The first-order valence-electron chi connectivity index (χ1n) is 17.1. The van der Waals surface area contributed by atoms with E-state index in [0.717, 1.165) is 35.0 Å². The second-order valence-electron chi connectivity index (χ2n) is 12.1. The molecule has 8 heterocycles. The molecule has 16 heteroatoms. The molecule has 8 aromatic heterocycles. The molecule has 0 aliphatic rings. The quantitative estimate of drug-likeness (QED) is 0.113. The number of unbranched alkanes of at least 4 members (excludes halogenated alkanes) is 1. The van der Waals surface area contributed by atoms with Crippen LogP contribution in [0.2, 0.25) is 0 Å². The first-order valence-corrected chi connectivity index (χ1v) is 18.8. The van der Waals surface area contributed by atoms with E-state index in [1.807, 2.05) is 61.0 Å². The topological polar surface area (TPSA) is 172 Å². The number of carboxylic acids is 1. The number of carbonyl (C=O) groups is 2. The first kappa shape index (κ1) is 36.1. The third-order valence-corrected chi connectivity index (χ3v) is 10.6. The molecule has 0 aliphatic heterocycles. The minimum atomic E-state index is -1.32. The Morgan fingerprint density at radius 2 is 1.31 bits per heavy atom. The minimum absolute atomic E-state index is 0.0633. The number of esters is 1. The van der Waals surface area contributed by atoms with Crippen molar-refractivity contribution in [2.45, 2.75) is 39.8 Å². The summed E-state index contributed by atoms with van der Waals surface area (Å²) in [6.07, 6.45) is 8.79. The molecule has 0 aromatic carbocycles. The molecule has 54 heavy (non-hydrogen) atoms. The molecule has 14 nitrogen and oxygen atoms in total. The Bertz CT molecular complexity index is 2790. The number of thiophene rings is 2. The van der Waals surface area contributed by atoms with Gasteiger partial charge in [-0.15, -0.1) is 22.7 Å². The van der Waals surface area contributed by atoms with Gasteiger partial charge in [-0.3, -0.25) is 18.7 Å². The highest BCUT2D eigenvalue weighted by Crippen LogP contribution is 2.32. The van der Waals surface area contributed by atoms with Crippen LogP contribution in [-0.2, 0) is 17.8 Å². The van der Waals surface area contributed by atoms with Gasteiger partial charge in [0, 0.05) is 23.5 Å². The Labute approximate surface area is 314 Å². The van der Waals surface area contributed by atoms with Crippen molar-refractivity contribution in [3.05, 3.63) is 127 Å². The Morgan fingerprint density at radius 3 is 1.85 bits per heavy atom. The molecule has 8 rings (SSSR count). The smallest absolute Gasteiger partial charge is 0.343 e. The van der Waals surface area contributed by atoms with Crippen LogP contribution in [0, 0.1) is 0 Å². The average molecular weight is 767 g/mol. The van der Waals surface area contributed by atoms with E-state index >= 15 is 0 Å². The molecule has 0 amide bonds. The zero-order chi connectivity index (χ0) is 37.9. The summed E-state index contributed by atoms with van der Waals surface area (Å²) in [5, 5.41) is 31.5. The zero-order valence-corrected chi connectivity index (χ0v) is 30.8. The van der Waals surface area contributed by atoms with Crippen LogP contribution >= 0.6 is 22.7 Å². The van der Waals surface area contributed by atoms with Gasteiger partial charge in [-0.05, 0) is 60.5 Å². The fourth-order valence-corrected chi connectivity index (χ4v) is 8.07. The molecule has 0 fully saturated rings.